The Morgan fingerprint density at radius 2 is 2.18 bits per heavy atom. The first-order valence-electron chi connectivity index (χ1n) is 4.57. The summed E-state index contributed by atoms with van der Waals surface area (Å²) in [6.07, 6.45) is 1.77. The lowest BCUT2D eigenvalue weighted by Crippen LogP contribution is -2.18. The Balaban J connectivity index is 2.94. The molecule has 0 aliphatic rings. The van der Waals surface area contributed by atoms with Crippen molar-refractivity contribution in [1.82, 2.24) is 15.0 Å². The Morgan fingerprint density at radius 3 is 2.76 bits per heavy atom. The molecule has 8 heteroatoms. The highest BCUT2D eigenvalue weighted by molar-refractivity contribution is 7.98. The molecule has 2 rings (SSSR count). The highest BCUT2D eigenvalue weighted by Gasteiger charge is 2.14. The molecule has 0 saturated heterocycles. The molecule has 0 saturated carbocycles. The molecule has 0 aromatic carbocycles. The van der Waals surface area contributed by atoms with Crippen molar-refractivity contribution in [1.29, 1.82) is 0 Å². The number of amides is 1. The number of nitrogens with one attached hydrogen (secondary N) is 1. The van der Waals surface area contributed by atoms with Crippen LogP contribution in [0.1, 0.15) is 10.4 Å². The largest absolute Gasteiger partial charge is 0.383 e. The van der Waals surface area contributed by atoms with Gasteiger partial charge in [0.1, 0.15) is 11.5 Å². The van der Waals surface area contributed by atoms with E-state index in [1.54, 1.807) is 6.26 Å². The van der Waals surface area contributed by atoms with Crippen molar-refractivity contribution >= 4 is 34.5 Å². The Kier molecular flexibility index (Phi) is 2.72. The third kappa shape index (κ3) is 1.94. The number of carbonyl (C=O) groups is 1. The fourth-order valence-electron chi connectivity index (χ4n) is 1.45. The Labute approximate surface area is 99.6 Å². The van der Waals surface area contributed by atoms with Crippen molar-refractivity contribution in [3.8, 4) is 0 Å². The van der Waals surface area contributed by atoms with Crippen LogP contribution in [0.15, 0.2) is 16.0 Å². The van der Waals surface area contributed by atoms with Gasteiger partial charge in [0, 0.05) is 6.07 Å². The van der Waals surface area contributed by atoms with Crippen LogP contribution in [-0.4, -0.2) is 27.1 Å². The summed E-state index contributed by atoms with van der Waals surface area (Å²) in [7, 11) is 0. The van der Waals surface area contributed by atoms with Crippen molar-refractivity contribution in [2.45, 2.75) is 5.16 Å². The zero-order valence-corrected chi connectivity index (χ0v) is 9.67. The van der Waals surface area contributed by atoms with E-state index in [9.17, 15) is 9.59 Å². The highest BCUT2D eigenvalue weighted by atomic mass is 32.2. The van der Waals surface area contributed by atoms with Crippen LogP contribution in [0.5, 0.6) is 0 Å². The second kappa shape index (κ2) is 4.06. The average molecular weight is 251 g/mol. The summed E-state index contributed by atoms with van der Waals surface area (Å²) in [5.41, 5.74) is 10.7. The van der Waals surface area contributed by atoms with Gasteiger partial charge in [-0.25, -0.2) is 9.97 Å². The van der Waals surface area contributed by atoms with E-state index in [-0.39, 0.29) is 22.4 Å². The van der Waals surface area contributed by atoms with Gasteiger partial charge in [-0.1, -0.05) is 11.8 Å². The fraction of sp³-hybridized carbons (Fsp3) is 0.111. The van der Waals surface area contributed by atoms with Crippen molar-refractivity contribution in [2.75, 3.05) is 12.0 Å². The fourth-order valence-corrected chi connectivity index (χ4v) is 1.83. The van der Waals surface area contributed by atoms with Crippen LogP contribution < -0.4 is 17.0 Å². The number of carbonyl (C=O) groups excluding carboxylic acids is 1. The molecule has 0 aliphatic heterocycles. The number of aromatic nitrogens is 3. The van der Waals surface area contributed by atoms with Gasteiger partial charge in [-0.3, -0.25) is 9.59 Å². The number of nitrogens with zero attached hydrogens (tertiary/aromatic N) is 2. The first-order valence-corrected chi connectivity index (χ1v) is 5.79. The van der Waals surface area contributed by atoms with Gasteiger partial charge < -0.3 is 16.5 Å². The van der Waals surface area contributed by atoms with Crippen LogP contribution >= 0.6 is 11.8 Å². The van der Waals surface area contributed by atoms with Gasteiger partial charge in [0.2, 0.25) is 11.5 Å². The summed E-state index contributed by atoms with van der Waals surface area (Å²) in [5, 5.41) is 0.683. The van der Waals surface area contributed by atoms with Gasteiger partial charge >= 0.3 is 0 Å². The molecule has 88 valence electrons. The van der Waals surface area contributed by atoms with Crippen molar-refractivity contribution in [2.24, 2.45) is 5.73 Å². The van der Waals surface area contributed by atoms with Crippen LogP contribution in [-0.2, 0) is 0 Å². The lowest BCUT2D eigenvalue weighted by Gasteiger charge is -2.06. The number of thioether (sulfide) groups is 1. The Morgan fingerprint density at radius 1 is 1.47 bits per heavy atom. The van der Waals surface area contributed by atoms with Crippen LogP contribution in [0.3, 0.4) is 0 Å². The molecule has 0 fully saturated rings. The number of H-pyrrole nitrogens is 1. The normalized spacial score (nSPS) is 10.6. The summed E-state index contributed by atoms with van der Waals surface area (Å²) in [4.78, 5) is 33.1. The predicted octanol–water partition coefficient (Wildman–Crippen LogP) is -0.279. The number of pyridine rings is 1. The van der Waals surface area contributed by atoms with Gasteiger partial charge in [0.05, 0.1) is 10.9 Å². The summed E-state index contributed by atoms with van der Waals surface area (Å²) >= 11 is 1.28. The molecule has 17 heavy (non-hydrogen) atoms. The average Bonchev–Trinajstić information content (AvgIpc) is 2.26. The van der Waals surface area contributed by atoms with E-state index in [0.29, 0.717) is 5.16 Å². The highest BCUT2D eigenvalue weighted by Crippen LogP contribution is 2.21. The minimum absolute atomic E-state index is 0.0221. The SMILES string of the molecule is CSc1nc(N)c2c(C(N)=O)cc(=O)[nH]c2n1. The molecule has 0 atom stereocenters. The number of nitrogen functional groups attached to an aromatic ring is 1. The van der Waals surface area contributed by atoms with E-state index in [2.05, 4.69) is 15.0 Å². The number of hydrogen-bond donors (Lipinski definition) is 3. The van der Waals surface area contributed by atoms with Gasteiger partial charge in [-0.2, -0.15) is 0 Å². The molecule has 0 radical (unpaired) electrons. The summed E-state index contributed by atoms with van der Waals surface area (Å²) < 4.78 is 0. The lowest BCUT2D eigenvalue weighted by atomic mass is 10.1. The quantitative estimate of drug-likeness (QED) is 0.497. The molecule has 2 heterocycles. The van der Waals surface area contributed by atoms with E-state index >= 15 is 0 Å². The van der Waals surface area contributed by atoms with Crippen molar-refractivity contribution in [3.05, 3.63) is 22.0 Å². The minimum atomic E-state index is -0.742. The first-order chi connectivity index (χ1) is 8.02. The number of fused-ring (bicyclic) bond motifs is 1. The lowest BCUT2D eigenvalue weighted by molar-refractivity contribution is 0.100. The van der Waals surface area contributed by atoms with Gasteiger partial charge in [0.15, 0.2) is 5.16 Å². The number of primary amides is 1. The van der Waals surface area contributed by atoms with Crippen LogP contribution in [0.2, 0.25) is 0 Å². The topological polar surface area (TPSA) is 128 Å². The van der Waals surface area contributed by atoms with Crippen molar-refractivity contribution in [3.63, 3.8) is 0 Å². The van der Waals surface area contributed by atoms with Gasteiger partial charge in [-0.05, 0) is 6.26 Å². The van der Waals surface area contributed by atoms with Crippen LogP contribution in [0, 0.1) is 0 Å². The third-order valence-electron chi connectivity index (χ3n) is 2.15. The second-order valence-corrected chi connectivity index (χ2v) is 4.00. The predicted molar refractivity (Wildman–Crippen MR) is 64.9 cm³/mol. The molecule has 0 unspecified atom stereocenters. The molecule has 7 nitrogen and oxygen atoms in total. The molecule has 0 bridgehead atoms. The second-order valence-electron chi connectivity index (χ2n) is 3.23. The van der Waals surface area contributed by atoms with E-state index in [4.69, 9.17) is 11.5 Å². The molecule has 2 aromatic rings. The van der Waals surface area contributed by atoms with Crippen LogP contribution in [0.25, 0.3) is 11.0 Å². The minimum Gasteiger partial charge on any atom is -0.383 e. The molecule has 0 spiro atoms. The Bertz CT molecular complexity index is 666. The monoisotopic (exact) mass is 251 g/mol. The molecule has 2 aromatic heterocycles. The maximum absolute atomic E-state index is 11.3. The van der Waals surface area contributed by atoms with E-state index in [1.807, 2.05) is 0 Å². The summed E-state index contributed by atoms with van der Waals surface area (Å²) in [6.45, 7) is 0. The van der Waals surface area contributed by atoms with Gasteiger partial charge in [0.25, 0.3) is 0 Å². The summed E-state index contributed by atoms with van der Waals surface area (Å²) in [5.74, 6) is -0.627. The van der Waals surface area contributed by atoms with Crippen LogP contribution in [0.4, 0.5) is 5.82 Å². The molecule has 1 amide bonds. The number of rotatable bonds is 2. The van der Waals surface area contributed by atoms with E-state index < -0.39 is 11.5 Å². The first kappa shape index (κ1) is 11.4. The Hall–Kier alpha value is -2.09. The number of hydrogen-bond acceptors (Lipinski definition) is 6. The van der Waals surface area contributed by atoms with Gasteiger partial charge in [-0.15, -0.1) is 0 Å². The van der Waals surface area contributed by atoms with E-state index in [0.717, 1.165) is 6.07 Å². The molecular weight excluding hydrogens is 242 g/mol. The maximum atomic E-state index is 11.3. The summed E-state index contributed by atoms with van der Waals surface area (Å²) in [6, 6.07) is 1.09. The maximum Gasteiger partial charge on any atom is 0.250 e. The number of nitrogens with two attached hydrogens (primary N) is 2. The third-order valence-corrected chi connectivity index (χ3v) is 2.70. The zero-order valence-electron chi connectivity index (χ0n) is 8.85. The number of aromatic amines is 1. The molecular formula is C9H9N5O2S. The zero-order chi connectivity index (χ0) is 12.6. The smallest absolute Gasteiger partial charge is 0.250 e. The standard InChI is InChI=1S/C9H9N5O2S/c1-17-9-13-6(10)5-3(7(11)16)2-4(15)12-8(5)14-9/h2H,1H3,(H2,11,16)(H3,10,12,13,14,15). The number of anilines is 1. The molecule has 0 aliphatic carbocycles. The van der Waals surface area contributed by atoms with E-state index in [1.165, 1.54) is 11.8 Å². The molecule has 5 N–H and O–H groups in total. The van der Waals surface area contributed by atoms with Crippen molar-refractivity contribution < 1.29 is 4.79 Å².